The van der Waals surface area contributed by atoms with Crippen LogP contribution >= 0.6 is 0 Å². The van der Waals surface area contributed by atoms with E-state index in [9.17, 15) is 9.59 Å². The first kappa shape index (κ1) is 22.8. The molecule has 0 bridgehead atoms. The van der Waals surface area contributed by atoms with Crippen molar-refractivity contribution in [3.63, 3.8) is 0 Å². The van der Waals surface area contributed by atoms with Gasteiger partial charge in [-0.3, -0.25) is 14.2 Å². The molecule has 0 aliphatic rings. The van der Waals surface area contributed by atoms with Gasteiger partial charge in [0.25, 0.3) is 11.1 Å². The molecule has 41 heavy (non-hydrogen) atoms. The number of rotatable bonds is 4. The number of aromatic nitrogens is 1. The van der Waals surface area contributed by atoms with Crippen LogP contribution in [0.15, 0.2) is 107 Å². The van der Waals surface area contributed by atoms with Gasteiger partial charge in [0.1, 0.15) is 0 Å². The van der Waals surface area contributed by atoms with Crippen LogP contribution < -0.4 is 11.1 Å². The van der Waals surface area contributed by atoms with Gasteiger partial charge in [0, 0.05) is 6.04 Å². The molecule has 0 N–H and O–H groups in total. The maximum absolute atomic E-state index is 14.3. The van der Waals surface area contributed by atoms with Crippen molar-refractivity contribution < 1.29 is 0 Å². The zero-order chi connectivity index (χ0) is 27.6. The van der Waals surface area contributed by atoms with E-state index in [-0.39, 0.29) is 17.2 Å². The minimum atomic E-state index is -0.180. The first-order valence-corrected chi connectivity index (χ1v) is 14.4. The van der Waals surface area contributed by atoms with Gasteiger partial charge in [-0.05, 0) is 102 Å². The van der Waals surface area contributed by atoms with Gasteiger partial charge in [0.2, 0.25) is 0 Å². The number of nitrogens with zero attached hydrogens (tertiary/aromatic N) is 1. The van der Waals surface area contributed by atoms with Gasteiger partial charge < -0.3 is 0 Å². The summed E-state index contributed by atoms with van der Waals surface area (Å²) in [5, 5.41) is 12.3. The Kier molecular flexibility index (Phi) is 4.33. The van der Waals surface area contributed by atoms with E-state index in [1.54, 1.807) is 0 Å². The normalized spacial score (nSPS) is 13.3. The highest BCUT2D eigenvalue weighted by molar-refractivity contribution is 6.50. The Labute approximate surface area is 235 Å². The SMILES string of the molecule is CCC(C)n1c(=O)c2c3cc(-c4ccccc4)c4ccc5ccc6c(-c7ccccc7)cc(c2c1=O)c1c6c5c4c31. The second-order valence-electron chi connectivity index (χ2n) is 11.5. The quantitative estimate of drug-likeness (QED) is 0.214. The molecule has 9 aromatic rings. The summed E-state index contributed by atoms with van der Waals surface area (Å²) in [7, 11) is 0. The van der Waals surface area contributed by atoms with E-state index in [1.165, 1.54) is 36.9 Å². The monoisotopic (exact) mass is 527 g/mol. The smallest absolute Gasteiger partial charge is 0.262 e. The molecular weight excluding hydrogens is 502 g/mol. The Balaban J connectivity index is 1.65. The van der Waals surface area contributed by atoms with Crippen LogP contribution in [-0.2, 0) is 0 Å². The lowest BCUT2D eigenvalue weighted by molar-refractivity contribution is 0.510. The summed E-state index contributed by atoms with van der Waals surface area (Å²) >= 11 is 0. The molecule has 0 saturated carbocycles. The van der Waals surface area contributed by atoms with Gasteiger partial charge in [0.15, 0.2) is 0 Å². The Morgan fingerprint density at radius 1 is 0.537 bits per heavy atom. The molecule has 0 saturated heterocycles. The van der Waals surface area contributed by atoms with Crippen LogP contribution in [0.25, 0.3) is 86.9 Å². The van der Waals surface area contributed by atoms with Gasteiger partial charge in [-0.1, -0.05) is 91.9 Å². The first-order valence-electron chi connectivity index (χ1n) is 14.4. The van der Waals surface area contributed by atoms with Crippen LogP contribution in [-0.4, -0.2) is 4.57 Å². The van der Waals surface area contributed by atoms with Crippen molar-refractivity contribution in [3.05, 3.63) is 118 Å². The van der Waals surface area contributed by atoms with Crippen molar-refractivity contribution in [1.29, 1.82) is 0 Å². The fraction of sp³-hybridized carbons (Fsp3) is 0.105. The maximum Gasteiger partial charge on any atom is 0.262 e. The summed E-state index contributed by atoms with van der Waals surface area (Å²) in [4.78, 5) is 28.5. The molecule has 1 atom stereocenters. The number of fused-ring (bicyclic) bond motifs is 3. The van der Waals surface area contributed by atoms with Crippen LogP contribution in [0.2, 0.25) is 0 Å². The van der Waals surface area contributed by atoms with Crippen molar-refractivity contribution in [1.82, 2.24) is 4.57 Å². The Morgan fingerprint density at radius 3 is 1.41 bits per heavy atom. The first-order chi connectivity index (χ1) is 20.1. The van der Waals surface area contributed by atoms with Crippen molar-refractivity contribution in [2.24, 2.45) is 0 Å². The highest BCUT2D eigenvalue weighted by Gasteiger charge is 2.29. The molecule has 0 spiro atoms. The molecule has 194 valence electrons. The predicted octanol–water partition coefficient (Wildman–Crippen LogP) is 9.18. The van der Waals surface area contributed by atoms with E-state index in [0.717, 1.165) is 43.8 Å². The third kappa shape index (κ3) is 2.69. The fourth-order valence-corrected chi connectivity index (χ4v) is 7.50. The van der Waals surface area contributed by atoms with E-state index < -0.39 is 0 Å². The maximum atomic E-state index is 14.3. The molecule has 0 fully saturated rings. The molecule has 1 unspecified atom stereocenters. The third-order valence-electron chi connectivity index (χ3n) is 9.49. The van der Waals surface area contributed by atoms with Gasteiger partial charge in [0.05, 0.1) is 10.8 Å². The van der Waals surface area contributed by atoms with Gasteiger partial charge in [-0.15, -0.1) is 0 Å². The fourth-order valence-electron chi connectivity index (χ4n) is 7.50. The van der Waals surface area contributed by atoms with E-state index in [2.05, 4.69) is 84.9 Å². The molecule has 0 radical (unpaired) electrons. The van der Waals surface area contributed by atoms with Crippen LogP contribution in [0.5, 0.6) is 0 Å². The summed E-state index contributed by atoms with van der Waals surface area (Å²) in [5.74, 6) is 0. The average Bonchev–Trinajstić information content (AvgIpc) is 3.52. The van der Waals surface area contributed by atoms with Crippen LogP contribution in [0.1, 0.15) is 26.3 Å². The number of hydrogen-bond acceptors (Lipinski definition) is 2. The van der Waals surface area contributed by atoms with E-state index in [0.29, 0.717) is 17.2 Å². The molecule has 3 nitrogen and oxygen atoms in total. The second-order valence-corrected chi connectivity index (χ2v) is 11.5. The van der Waals surface area contributed by atoms with E-state index in [4.69, 9.17) is 0 Å². The molecule has 8 aromatic carbocycles. The van der Waals surface area contributed by atoms with Crippen molar-refractivity contribution in [3.8, 4) is 22.3 Å². The summed E-state index contributed by atoms with van der Waals surface area (Å²) < 4.78 is 1.50. The van der Waals surface area contributed by atoms with Crippen molar-refractivity contribution in [2.75, 3.05) is 0 Å². The topological polar surface area (TPSA) is 39.1 Å². The highest BCUT2D eigenvalue weighted by Crippen LogP contribution is 2.53. The van der Waals surface area contributed by atoms with Gasteiger partial charge >= 0.3 is 0 Å². The Morgan fingerprint density at radius 2 is 0.976 bits per heavy atom. The van der Waals surface area contributed by atoms with Gasteiger partial charge in [-0.2, -0.15) is 0 Å². The zero-order valence-electron chi connectivity index (χ0n) is 22.8. The third-order valence-corrected chi connectivity index (χ3v) is 9.49. The van der Waals surface area contributed by atoms with E-state index >= 15 is 0 Å². The highest BCUT2D eigenvalue weighted by atomic mass is 16.2. The lowest BCUT2D eigenvalue weighted by atomic mass is 9.89. The Bertz CT molecular complexity index is 2380. The van der Waals surface area contributed by atoms with Gasteiger partial charge in [-0.25, -0.2) is 0 Å². The molecular formula is C38H25NO2. The summed E-state index contributed by atoms with van der Waals surface area (Å²) in [6.07, 6.45) is 0.711. The van der Waals surface area contributed by atoms with Crippen LogP contribution in [0, 0.1) is 0 Å². The minimum absolute atomic E-state index is 0.177. The standard InChI is InChI=1S/C38H25NO2/c1-3-20(2)39-37(40)35-28-18-26(21-10-6-4-7-11-21)24-16-14-23-15-17-25-27(22-12-8-5-9-13-22)19-29(36(35)38(39)41)34-32(25)30(23)31(24)33(28)34/h4-20H,3H2,1-2H3. The average molecular weight is 528 g/mol. The molecule has 1 aromatic heterocycles. The van der Waals surface area contributed by atoms with Crippen LogP contribution in [0.3, 0.4) is 0 Å². The van der Waals surface area contributed by atoms with Crippen molar-refractivity contribution >= 4 is 64.6 Å². The number of benzene rings is 7. The second kappa shape index (κ2) is 7.80. The molecule has 0 amide bonds. The lowest BCUT2D eigenvalue weighted by Gasteiger charge is -2.12. The largest absolute Gasteiger partial charge is 0.271 e. The molecule has 0 aliphatic heterocycles. The molecule has 0 aliphatic carbocycles. The summed E-state index contributed by atoms with van der Waals surface area (Å²) in [5.41, 5.74) is 4.03. The molecule has 3 heteroatoms. The minimum Gasteiger partial charge on any atom is -0.271 e. The lowest BCUT2D eigenvalue weighted by Crippen LogP contribution is -2.28. The molecule has 9 rings (SSSR count). The summed E-state index contributed by atoms with van der Waals surface area (Å²) in [6, 6.07) is 33.8. The Hall–Kier alpha value is -5.02. The molecule has 1 heterocycles. The van der Waals surface area contributed by atoms with Crippen LogP contribution in [0.4, 0.5) is 0 Å². The number of hydrogen-bond donors (Lipinski definition) is 0. The summed E-state index contributed by atoms with van der Waals surface area (Å²) in [6.45, 7) is 3.99. The van der Waals surface area contributed by atoms with Crippen molar-refractivity contribution in [2.45, 2.75) is 26.3 Å². The van der Waals surface area contributed by atoms with E-state index in [1.807, 2.05) is 26.0 Å². The predicted molar refractivity (Wildman–Crippen MR) is 173 cm³/mol. The zero-order valence-corrected chi connectivity index (χ0v) is 22.8.